The van der Waals surface area contributed by atoms with Gasteiger partial charge in [-0.1, -0.05) is 30.3 Å². The Balaban J connectivity index is 2.59. The molecule has 4 nitrogen and oxygen atoms in total. The minimum Gasteiger partial charge on any atom is -0.475 e. The van der Waals surface area contributed by atoms with Crippen LogP contribution in [0.2, 0.25) is 0 Å². The fraction of sp³-hybridized carbons (Fsp3) is 0.133. The maximum atomic E-state index is 11.5. The van der Waals surface area contributed by atoms with Gasteiger partial charge in [0.15, 0.2) is 6.10 Å². The second-order valence-electron chi connectivity index (χ2n) is 4.35. The maximum Gasteiger partial charge on any atom is 0.261 e. The molecule has 2 rings (SSSR count). The van der Waals surface area contributed by atoms with Gasteiger partial charge in [-0.3, -0.25) is 0 Å². The molecule has 21 heavy (non-hydrogen) atoms. The number of benzene rings is 2. The summed E-state index contributed by atoms with van der Waals surface area (Å²) in [4.78, 5) is -0.0139. The van der Waals surface area contributed by atoms with Crippen molar-refractivity contribution in [3.8, 4) is 22.9 Å². The Labute approximate surface area is 128 Å². The van der Waals surface area contributed by atoms with Gasteiger partial charge >= 0.3 is 0 Å². The van der Waals surface area contributed by atoms with Gasteiger partial charge in [0.25, 0.3) is 9.05 Å². The lowest BCUT2D eigenvalue weighted by Crippen LogP contribution is -2.09. The van der Waals surface area contributed by atoms with E-state index in [1.54, 1.807) is 6.92 Å². The summed E-state index contributed by atoms with van der Waals surface area (Å²) in [6, 6.07) is 15.4. The highest BCUT2D eigenvalue weighted by atomic mass is 35.7. The number of ether oxygens (including phenoxy) is 1. The molecule has 0 heterocycles. The van der Waals surface area contributed by atoms with Gasteiger partial charge < -0.3 is 4.74 Å². The number of hydrogen-bond acceptors (Lipinski definition) is 4. The molecule has 6 heteroatoms. The summed E-state index contributed by atoms with van der Waals surface area (Å²) >= 11 is 0. The molecule has 0 saturated heterocycles. The quantitative estimate of drug-likeness (QED) is 0.807. The first kappa shape index (κ1) is 15.4. The summed E-state index contributed by atoms with van der Waals surface area (Å²) < 4.78 is 28.5. The molecule has 0 N–H and O–H groups in total. The van der Waals surface area contributed by atoms with Gasteiger partial charge in [0.2, 0.25) is 0 Å². The lowest BCUT2D eigenvalue weighted by Gasteiger charge is -2.14. The van der Waals surface area contributed by atoms with Gasteiger partial charge in [0, 0.05) is 16.2 Å². The Bertz CT molecular complexity index is 782. The molecule has 0 radical (unpaired) electrons. The normalized spacial score (nSPS) is 12.4. The second kappa shape index (κ2) is 6.17. The fourth-order valence-electron chi connectivity index (χ4n) is 1.82. The molecule has 1 unspecified atom stereocenters. The van der Waals surface area contributed by atoms with E-state index in [9.17, 15) is 8.42 Å². The van der Waals surface area contributed by atoms with Crippen LogP contribution in [0.4, 0.5) is 0 Å². The third-order valence-corrected chi connectivity index (χ3v) is 4.15. The SMILES string of the molecule is CC(C#N)Oc1ccc(S(=O)(=O)Cl)cc1-c1ccccc1. The van der Waals surface area contributed by atoms with Crippen LogP contribution in [0.5, 0.6) is 5.75 Å². The van der Waals surface area contributed by atoms with Gasteiger partial charge in [-0.25, -0.2) is 8.42 Å². The Morgan fingerprint density at radius 2 is 1.86 bits per heavy atom. The fourth-order valence-corrected chi connectivity index (χ4v) is 2.60. The Hall–Kier alpha value is -2.03. The monoisotopic (exact) mass is 321 g/mol. The van der Waals surface area contributed by atoms with Crippen LogP contribution in [0.3, 0.4) is 0 Å². The van der Waals surface area contributed by atoms with Crippen molar-refractivity contribution in [3.63, 3.8) is 0 Å². The van der Waals surface area contributed by atoms with Crippen LogP contribution in [0.1, 0.15) is 6.92 Å². The largest absolute Gasteiger partial charge is 0.475 e. The van der Waals surface area contributed by atoms with Crippen molar-refractivity contribution >= 4 is 19.7 Å². The first-order valence-corrected chi connectivity index (χ1v) is 8.43. The van der Waals surface area contributed by atoms with Crippen molar-refractivity contribution in [2.45, 2.75) is 17.9 Å². The van der Waals surface area contributed by atoms with Gasteiger partial charge in [-0.2, -0.15) is 5.26 Å². The lowest BCUT2D eigenvalue weighted by atomic mass is 10.0. The highest BCUT2D eigenvalue weighted by Crippen LogP contribution is 2.33. The van der Waals surface area contributed by atoms with Gasteiger partial charge in [0.1, 0.15) is 11.8 Å². The summed E-state index contributed by atoms with van der Waals surface area (Å²) in [7, 11) is 1.55. The van der Waals surface area contributed by atoms with E-state index >= 15 is 0 Å². The average Bonchev–Trinajstić information content (AvgIpc) is 2.47. The third kappa shape index (κ3) is 3.75. The minimum atomic E-state index is -3.83. The van der Waals surface area contributed by atoms with Crippen LogP contribution in [0, 0.1) is 11.3 Å². The predicted molar refractivity (Wildman–Crippen MR) is 80.6 cm³/mol. The lowest BCUT2D eigenvalue weighted by molar-refractivity contribution is 0.277. The molecule has 0 spiro atoms. The van der Waals surface area contributed by atoms with E-state index in [1.165, 1.54) is 18.2 Å². The highest BCUT2D eigenvalue weighted by molar-refractivity contribution is 8.13. The zero-order valence-electron chi connectivity index (χ0n) is 11.2. The van der Waals surface area contributed by atoms with Crippen LogP contribution in [-0.4, -0.2) is 14.5 Å². The number of nitriles is 1. The Kier molecular flexibility index (Phi) is 4.51. The first-order chi connectivity index (χ1) is 9.91. The average molecular weight is 322 g/mol. The number of hydrogen-bond donors (Lipinski definition) is 0. The second-order valence-corrected chi connectivity index (χ2v) is 6.92. The van der Waals surface area contributed by atoms with Crippen molar-refractivity contribution in [2.75, 3.05) is 0 Å². The molecule has 0 aromatic heterocycles. The number of halogens is 1. The van der Waals surface area contributed by atoms with Crippen LogP contribution in [-0.2, 0) is 9.05 Å². The zero-order valence-corrected chi connectivity index (χ0v) is 12.7. The van der Waals surface area contributed by atoms with Crippen molar-refractivity contribution in [2.24, 2.45) is 0 Å². The molecule has 0 bridgehead atoms. The molecule has 0 fully saturated rings. The first-order valence-electron chi connectivity index (χ1n) is 6.12. The highest BCUT2D eigenvalue weighted by Gasteiger charge is 2.16. The Morgan fingerprint density at radius 3 is 2.43 bits per heavy atom. The number of nitrogens with zero attached hydrogens (tertiary/aromatic N) is 1. The molecule has 0 aliphatic rings. The zero-order chi connectivity index (χ0) is 15.5. The molecule has 0 saturated carbocycles. The summed E-state index contributed by atoms with van der Waals surface area (Å²) in [6.07, 6.45) is -0.647. The van der Waals surface area contributed by atoms with E-state index < -0.39 is 15.2 Å². The van der Waals surface area contributed by atoms with Crippen molar-refractivity contribution in [1.29, 1.82) is 5.26 Å². The topological polar surface area (TPSA) is 67.2 Å². The van der Waals surface area contributed by atoms with Crippen molar-refractivity contribution in [3.05, 3.63) is 48.5 Å². The van der Waals surface area contributed by atoms with Crippen LogP contribution in [0.15, 0.2) is 53.4 Å². The summed E-state index contributed by atoms with van der Waals surface area (Å²) in [5.74, 6) is 0.430. The van der Waals surface area contributed by atoms with E-state index in [-0.39, 0.29) is 4.90 Å². The van der Waals surface area contributed by atoms with Crippen LogP contribution < -0.4 is 4.74 Å². The molecule has 0 aliphatic heterocycles. The van der Waals surface area contributed by atoms with Gasteiger partial charge in [-0.15, -0.1) is 0 Å². The van der Waals surface area contributed by atoms with E-state index in [0.29, 0.717) is 11.3 Å². The summed E-state index contributed by atoms with van der Waals surface area (Å²) in [5.41, 5.74) is 1.35. The smallest absolute Gasteiger partial charge is 0.261 e. The van der Waals surface area contributed by atoms with E-state index in [2.05, 4.69) is 0 Å². The van der Waals surface area contributed by atoms with E-state index in [4.69, 9.17) is 20.7 Å². The van der Waals surface area contributed by atoms with Crippen molar-refractivity contribution < 1.29 is 13.2 Å². The van der Waals surface area contributed by atoms with Crippen LogP contribution in [0.25, 0.3) is 11.1 Å². The molecule has 0 aliphatic carbocycles. The molecule has 0 amide bonds. The predicted octanol–water partition coefficient (Wildman–Crippen LogP) is 3.57. The maximum absolute atomic E-state index is 11.5. The number of rotatable bonds is 4. The molecule has 1 atom stereocenters. The molecule has 2 aromatic carbocycles. The van der Waals surface area contributed by atoms with Gasteiger partial charge in [0.05, 0.1) is 4.90 Å². The van der Waals surface area contributed by atoms with Crippen LogP contribution >= 0.6 is 10.7 Å². The standard InChI is InChI=1S/C15H12ClNO3S/c1-11(10-17)20-15-8-7-13(21(16,18)19)9-14(15)12-5-3-2-4-6-12/h2-9,11H,1H3. The molecular weight excluding hydrogens is 310 g/mol. The summed E-state index contributed by atoms with van der Waals surface area (Å²) in [5, 5.41) is 8.85. The third-order valence-electron chi connectivity index (χ3n) is 2.80. The van der Waals surface area contributed by atoms with Crippen molar-refractivity contribution in [1.82, 2.24) is 0 Å². The molecule has 2 aromatic rings. The molecular formula is C15H12ClNO3S. The van der Waals surface area contributed by atoms with E-state index in [0.717, 1.165) is 5.56 Å². The van der Waals surface area contributed by atoms with Gasteiger partial charge in [-0.05, 0) is 30.7 Å². The molecule has 108 valence electrons. The summed E-state index contributed by atoms with van der Waals surface area (Å²) in [6.45, 7) is 1.61. The Morgan fingerprint density at radius 1 is 1.19 bits per heavy atom. The minimum absolute atomic E-state index is 0.0139. The van der Waals surface area contributed by atoms with E-state index in [1.807, 2.05) is 36.4 Å².